The number of piperazine rings is 1. The maximum atomic E-state index is 12.7. The van der Waals surface area contributed by atoms with E-state index >= 15 is 0 Å². The number of piperidine rings is 1. The van der Waals surface area contributed by atoms with Crippen molar-refractivity contribution in [2.75, 3.05) is 44.2 Å². The summed E-state index contributed by atoms with van der Waals surface area (Å²) in [5.41, 5.74) is 0.356. The summed E-state index contributed by atoms with van der Waals surface area (Å²) in [4.78, 5) is 21.4. The van der Waals surface area contributed by atoms with Gasteiger partial charge in [0.2, 0.25) is 5.91 Å². The molecule has 2 aliphatic heterocycles. The van der Waals surface area contributed by atoms with Crippen molar-refractivity contribution in [3.8, 4) is 0 Å². The highest BCUT2D eigenvalue weighted by Gasteiger charge is 2.58. The quantitative estimate of drug-likeness (QED) is 0.891. The molecule has 1 N–H and O–H groups in total. The van der Waals surface area contributed by atoms with Crippen LogP contribution in [-0.2, 0) is 4.79 Å². The number of nitrogens with one attached hydrogen (secondary N) is 1. The molecule has 1 saturated carbocycles. The summed E-state index contributed by atoms with van der Waals surface area (Å²) in [5, 5.41) is 6.50. The van der Waals surface area contributed by atoms with Crippen molar-refractivity contribution in [3.05, 3.63) is 11.6 Å². The monoisotopic (exact) mass is 306 g/mol. The zero-order chi connectivity index (χ0) is 14.3. The van der Waals surface area contributed by atoms with E-state index < -0.39 is 0 Å². The number of anilines is 1. The molecule has 3 heterocycles. The molecule has 1 amide bonds. The molecule has 0 aromatic carbocycles. The van der Waals surface area contributed by atoms with Gasteiger partial charge < -0.3 is 15.1 Å². The van der Waals surface area contributed by atoms with Crippen molar-refractivity contribution >= 4 is 22.4 Å². The summed E-state index contributed by atoms with van der Waals surface area (Å²) in [6.45, 7) is 5.71. The molecule has 3 fully saturated rings. The third-order valence-corrected chi connectivity index (χ3v) is 6.20. The smallest absolute Gasteiger partial charge is 0.226 e. The molecular formula is C15H22N4OS. The van der Waals surface area contributed by atoms with Gasteiger partial charge in [-0.15, -0.1) is 11.3 Å². The maximum Gasteiger partial charge on any atom is 0.226 e. The Morgan fingerprint density at radius 2 is 2.05 bits per heavy atom. The van der Waals surface area contributed by atoms with Gasteiger partial charge in [-0.3, -0.25) is 4.79 Å². The van der Waals surface area contributed by atoms with Gasteiger partial charge in [-0.2, -0.15) is 0 Å². The normalized spacial score (nSPS) is 27.9. The van der Waals surface area contributed by atoms with Crippen molar-refractivity contribution < 1.29 is 4.79 Å². The molecule has 1 unspecified atom stereocenters. The molecule has 114 valence electrons. The Kier molecular flexibility index (Phi) is 3.38. The third-order valence-electron chi connectivity index (χ3n) is 5.37. The molecule has 1 aromatic heterocycles. The lowest BCUT2D eigenvalue weighted by Crippen LogP contribution is -2.49. The van der Waals surface area contributed by atoms with Crippen LogP contribution in [0.15, 0.2) is 11.6 Å². The second-order valence-electron chi connectivity index (χ2n) is 6.50. The second-order valence-corrected chi connectivity index (χ2v) is 7.37. The van der Waals surface area contributed by atoms with Gasteiger partial charge >= 0.3 is 0 Å². The topological polar surface area (TPSA) is 48.5 Å². The Balaban J connectivity index is 1.33. The van der Waals surface area contributed by atoms with E-state index in [1.165, 1.54) is 12.8 Å². The molecule has 0 radical (unpaired) electrons. The Morgan fingerprint density at radius 3 is 2.71 bits per heavy atom. The lowest BCUT2D eigenvalue weighted by Gasteiger charge is -2.35. The van der Waals surface area contributed by atoms with E-state index in [1.54, 1.807) is 11.3 Å². The van der Waals surface area contributed by atoms with Gasteiger partial charge in [0.05, 0.1) is 0 Å². The number of rotatable bonds is 2. The van der Waals surface area contributed by atoms with Crippen LogP contribution in [0.5, 0.6) is 0 Å². The molecule has 1 aliphatic carbocycles. The lowest BCUT2D eigenvalue weighted by molar-refractivity contribution is -0.133. The maximum absolute atomic E-state index is 12.7. The first kappa shape index (κ1) is 13.5. The van der Waals surface area contributed by atoms with Gasteiger partial charge in [-0.05, 0) is 37.8 Å². The highest BCUT2D eigenvalue weighted by Crippen LogP contribution is 2.59. The van der Waals surface area contributed by atoms with Crippen molar-refractivity contribution in [3.63, 3.8) is 0 Å². The molecule has 5 nitrogen and oxygen atoms in total. The standard InChI is InChI=1S/C15H22N4OS/c20-13(12-11-15(12)1-3-16-4-2-15)18-6-8-19(9-7-18)14-17-5-10-21-14/h5,10,12,16H,1-4,6-9,11H2. The average molecular weight is 306 g/mol. The number of hydrogen-bond donors (Lipinski definition) is 1. The molecule has 4 rings (SSSR count). The zero-order valence-corrected chi connectivity index (χ0v) is 13.1. The first-order valence-corrected chi connectivity index (χ1v) is 8.80. The largest absolute Gasteiger partial charge is 0.345 e. The van der Waals surface area contributed by atoms with Gasteiger partial charge in [0, 0.05) is 43.7 Å². The predicted molar refractivity (Wildman–Crippen MR) is 83.6 cm³/mol. The molecule has 1 atom stereocenters. The van der Waals surface area contributed by atoms with Crippen LogP contribution in [-0.4, -0.2) is 55.1 Å². The Hall–Kier alpha value is -1.14. The van der Waals surface area contributed by atoms with Crippen LogP contribution < -0.4 is 10.2 Å². The fourth-order valence-corrected chi connectivity index (χ4v) is 4.58. The van der Waals surface area contributed by atoms with E-state index in [-0.39, 0.29) is 0 Å². The van der Waals surface area contributed by atoms with Crippen molar-refractivity contribution in [2.45, 2.75) is 19.3 Å². The highest BCUT2D eigenvalue weighted by molar-refractivity contribution is 7.13. The number of carbonyl (C=O) groups is 1. The number of nitrogens with zero attached hydrogens (tertiary/aromatic N) is 3. The summed E-state index contributed by atoms with van der Waals surface area (Å²) in [7, 11) is 0. The summed E-state index contributed by atoms with van der Waals surface area (Å²) in [5.74, 6) is 0.724. The minimum Gasteiger partial charge on any atom is -0.345 e. The van der Waals surface area contributed by atoms with Crippen LogP contribution in [0.1, 0.15) is 19.3 Å². The Bertz CT molecular complexity index is 504. The molecule has 2 saturated heterocycles. The highest BCUT2D eigenvalue weighted by atomic mass is 32.1. The minimum absolute atomic E-state index is 0.311. The lowest BCUT2D eigenvalue weighted by atomic mass is 9.91. The number of hydrogen-bond acceptors (Lipinski definition) is 5. The van der Waals surface area contributed by atoms with E-state index in [9.17, 15) is 4.79 Å². The summed E-state index contributed by atoms with van der Waals surface area (Å²) in [6.07, 6.45) is 5.34. The Labute approximate surface area is 129 Å². The van der Waals surface area contributed by atoms with Gasteiger partial charge in [0.1, 0.15) is 0 Å². The summed E-state index contributed by atoms with van der Waals surface area (Å²) in [6, 6.07) is 0. The number of thiazole rings is 1. The molecule has 21 heavy (non-hydrogen) atoms. The molecule has 3 aliphatic rings. The van der Waals surface area contributed by atoms with Crippen molar-refractivity contribution in [2.24, 2.45) is 11.3 Å². The number of amides is 1. The molecule has 1 aromatic rings. The van der Waals surface area contributed by atoms with Crippen LogP contribution in [0.3, 0.4) is 0 Å². The van der Waals surface area contributed by atoms with Crippen LogP contribution in [0.4, 0.5) is 5.13 Å². The van der Waals surface area contributed by atoms with Crippen LogP contribution in [0, 0.1) is 11.3 Å². The summed E-state index contributed by atoms with van der Waals surface area (Å²) >= 11 is 1.68. The number of carbonyl (C=O) groups excluding carboxylic acids is 1. The zero-order valence-electron chi connectivity index (χ0n) is 12.3. The fraction of sp³-hybridized carbons (Fsp3) is 0.733. The van der Waals surface area contributed by atoms with Gasteiger partial charge in [-0.25, -0.2) is 4.98 Å². The van der Waals surface area contributed by atoms with Crippen molar-refractivity contribution in [1.29, 1.82) is 0 Å². The minimum atomic E-state index is 0.311. The third kappa shape index (κ3) is 2.44. The number of aromatic nitrogens is 1. The molecular weight excluding hydrogens is 284 g/mol. The van der Waals surface area contributed by atoms with Crippen LogP contribution in [0.2, 0.25) is 0 Å². The Morgan fingerprint density at radius 1 is 1.29 bits per heavy atom. The van der Waals surface area contributed by atoms with E-state index in [0.29, 0.717) is 17.2 Å². The molecule has 1 spiro atoms. The second kappa shape index (κ2) is 5.25. The van der Waals surface area contributed by atoms with Gasteiger partial charge in [0.25, 0.3) is 0 Å². The van der Waals surface area contributed by atoms with E-state index in [0.717, 1.165) is 50.8 Å². The first-order valence-electron chi connectivity index (χ1n) is 7.92. The SMILES string of the molecule is O=C(C1CC12CCNCC2)N1CCN(c2nccs2)CC1. The average Bonchev–Trinajstić information content (AvgIpc) is 2.99. The van der Waals surface area contributed by atoms with E-state index in [4.69, 9.17) is 0 Å². The predicted octanol–water partition coefficient (Wildman–Crippen LogP) is 1.18. The van der Waals surface area contributed by atoms with Gasteiger partial charge in [0.15, 0.2) is 5.13 Å². The van der Waals surface area contributed by atoms with Gasteiger partial charge in [-0.1, -0.05) is 0 Å². The summed E-state index contributed by atoms with van der Waals surface area (Å²) < 4.78 is 0. The van der Waals surface area contributed by atoms with Crippen LogP contribution >= 0.6 is 11.3 Å². The fourth-order valence-electron chi connectivity index (χ4n) is 3.88. The molecule has 6 heteroatoms. The molecule has 0 bridgehead atoms. The van der Waals surface area contributed by atoms with Crippen molar-refractivity contribution in [1.82, 2.24) is 15.2 Å². The van der Waals surface area contributed by atoms with E-state index in [1.807, 2.05) is 11.6 Å². The van der Waals surface area contributed by atoms with E-state index in [2.05, 4.69) is 20.1 Å². The first-order chi connectivity index (χ1) is 10.3. The van der Waals surface area contributed by atoms with Crippen LogP contribution in [0.25, 0.3) is 0 Å².